The molecule has 0 aliphatic heterocycles. The minimum absolute atomic E-state index is 0.0330. The van der Waals surface area contributed by atoms with Crippen molar-refractivity contribution in [2.45, 2.75) is 33.8 Å². The van der Waals surface area contributed by atoms with Gasteiger partial charge in [-0.1, -0.05) is 24.3 Å². The van der Waals surface area contributed by atoms with Gasteiger partial charge in [0.25, 0.3) is 0 Å². The molecule has 0 aromatic heterocycles. The maximum Gasteiger partial charge on any atom is 0.244 e. The molecule has 0 saturated carbocycles. The maximum atomic E-state index is 12.1. The molecule has 0 fully saturated rings. The molecule has 0 atom stereocenters. The third-order valence-corrected chi connectivity index (χ3v) is 4.15. The molecule has 29 heavy (non-hydrogen) atoms. The lowest BCUT2D eigenvalue weighted by molar-refractivity contribution is -0.121. The predicted octanol–water partition coefficient (Wildman–Crippen LogP) is 3.87. The monoisotopic (exact) mass is 396 g/mol. The number of hydrogen-bond acceptors (Lipinski definition) is 4. The maximum absolute atomic E-state index is 12.1. The average Bonchev–Trinajstić information content (AvgIpc) is 2.68. The molecular formula is C23H28N2O4. The number of hydrogen-bond donors (Lipinski definition) is 2. The molecule has 0 unspecified atom stereocenters. The van der Waals surface area contributed by atoms with E-state index >= 15 is 0 Å². The molecular weight excluding hydrogens is 368 g/mol. The van der Waals surface area contributed by atoms with Gasteiger partial charge in [-0.2, -0.15) is 0 Å². The zero-order valence-electron chi connectivity index (χ0n) is 17.5. The van der Waals surface area contributed by atoms with Gasteiger partial charge in [-0.3, -0.25) is 9.59 Å². The van der Waals surface area contributed by atoms with Crippen molar-refractivity contribution in [3.05, 3.63) is 59.2 Å². The van der Waals surface area contributed by atoms with Gasteiger partial charge in [0.05, 0.1) is 19.8 Å². The number of anilines is 1. The fraction of sp³-hybridized carbons (Fsp3) is 0.304. The van der Waals surface area contributed by atoms with E-state index in [4.69, 9.17) is 9.47 Å². The van der Waals surface area contributed by atoms with Crippen LogP contribution in [0, 0.1) is 13.8 Å². The van der Waals surface area contributed by atoms with E-state index in [1.807, 2.05) is 52.0 Å². The first-order chi connectivity index (χ1) is 13.8. The highest BCUT2D eigenvalue weighted by Crippen LogP contribution is 2.29. The lowest BCUT2D eigenvalue weighted by atomic mass is 10.1. The zero-order chi connectivity index (χ0) is 21.4. The quantitative estimate of drug-likeness (QED) is 0.664. The molecule has 0 saturated heterocycles. The summed E-state index contributed by atoms with van der Waals surface area (Å²) in [4.78, 5) is 24.2. The molecule has 2 aromatic carbocycles. The average molecular weight is 396 g/mol. The van der Waals surface area contributed by atoms with E-state index in [1.54, 1.807) is 25.3 Å². The van der Waals surface area contributed by atoms with E-state index in [9.17, 15) is 9.59 Å². The Balaban J connectivity index is 1.91. The summed E-state index contributed by atoms with van der Waals surface area (Å²) >= 11 is 0. The van der Waals surface area contributed by atoms with E-state index in [0.717, 1.165) is 22.4 Å². The fourth-order valence-electron chi connectivity index (χ4n) is 2.73. The van der Waals surface area contributed by atoms with E-state index in [2.05, 4.69) is 10.6 Å². The van der Waals surface area contributed by atoms with Crippen LogP contribution in [0.5, 0.6) is 11.5 Å². The largest absolute Gasteiger partial charge is 0.493 e. The van der Waals surface area contributed by atoms with Crippen LogP contribution in [0.1, 0.15) is 30.5 Å². The first-order valence-corrected chi connectivity index (χ1v) is 9.46. The third-order valence-electron chi connectivity index (χ3n) is 4.15. The van der Waals surface area contributed by atoms with Crippen molar-refractivity contribution in [2.24, 2.45) is 0 Å². The number of rotatable bonds is 8. The van der Waals surface area contributed by atoms with Crippen LogP contribution in [0.3, 0.4) is 0 Å². The topological polar surface area (TPSA) is 76.7 Å². The smallest absolute Gasteiger partial charge is 0.244 e. The first-order valence-electron chi connectivity index (χ1n) is 9.46. The summed E-state index contributed by atoms with van der Waals surface area (Å²) in [5, 5.41) is 5.42. The van der Waals surface area contributed by atoms with Gasteiger partial charge in [-0.05, 0) is 62.6 Å². The molecule has 0 heterocycles. The molecule has 2 amide bonds. The molecule has 0 aliphatic rings. The number of carbonyl (C=O) groups excluding carboxylic acids is 2. The van der Waals surface area contributed by atoms with Crippen LogP contribution in [0.25, 0.3) is 6.08 Å². The summed E-state index contributed by atoms with van der Waals surface area (Å²) in [6.45, 7) is 7.62. The predicted molar refractivity (Wildman–Crippen MR) is 115 cm³/mol. The van der Waals surface area contributed by atoms with Gasteiger partial charge in [0.1, 0.15) is 0 Å². The lowest BCUT2D eigenvalue weighted by Gasteiger charge is -2.13. The van der Waals surface area contributed by atoms with Gasteiger partial charge in [0.2, 0.25) is 11.8 Å². The van der Waals surface area contributed by atoms with Gasteiger partial charge >= 0.3 is 0 Å². The SMILES string of the molecule is COc1cc(/C=C/C(=O)NCC(=O)Nc2c(C)cccc2C)ccc1OC(C)C. The second-order valence-electron chi connectivity index (χ2n) is 6.94. The van der Waals surface area contributed by atoms with Crippen LogP contribution in [-0.4, -0.2) is 31.6 Å². The van der Waals surface area contributed by atoms with Gasteiger partial charge in [-0.15, -0.1) is 0 Å². The molecule has 0 aliphatic carbocycles. The van der Waals surface area contributed by atoms with E-state index < -0.39 is 0 Å². The molecule has 0 spiro atoms. The van der Waals surface area contributed by atoms with Gasteiger partial charge in [0.15, 0.2) is 11.5 Å². The fourth-order valence-corrected chi connectivity index (χ4v) is 2.73. The Morgan fingerprint density at radius 1 is 1.07 bits per heavy atom. The highest BCUT2D eigenvalue weighted by Gasteiger charge is 2.09. The lowest BCUT2D eigenvalue weighted by Crippen LogP contribution is -2.32. The summed E-state index contributed by atoms with van der Waals surface area (Å²) in [5.41, 5.74) is 3.51. The van der Waals surface area contributed by atoms with Crippen molar-refractivity contribution in [1.82, 2.24) is 5.32 Å². The third kappa shape index (κ3) is 6.68. The van der Waals surface area contributed by atoms with Crippen LogP contribution in [0.4, 0.5) is 5.69 Å². The number of para-hydroxylation sites is 1. The minimum Gasteiger partial charge on any atom is -0.493 e. The molecule has 2 rings (SSSR count). The normalized spacial score (nSPS) is 10.8. The number of benzene rings is 2. The molecule has 2 aromatic rings. The molecule has 6 heteroatoms. The Kier molecular flexibility index (Phi) is 7.83. The molecule has 0 bridgehead atoms. The van der Waals surface area contributed by atoms with Crippen LogP contribution in [-0.2, 0) is 9.59 Å². The second-order valence-corrected chi connectivity index (χ2v) is 6.94. The number of carbonyl (C=O) groups is 2. The van der Waals surface area contributed by atoms with Crippen molar-refractivity contribution in [3.63, 3.8) is 0 Å². The number of amides is 2. The molecule has 6 nitrogen and oxygen atoms in total. The Hall–Kier alpha value is -3.28. The van der Waals surface area contributed by atoms with E-state index in [0.29, 0.717) is 11.5 Å². The summed E-state index contributed by atoms with van der Waals surface area (Å²) in [6.07, 6.45) is 3.07. The number of nitrogens with one attached hydrogen (secondary N) is 2. The summed E-state index contributed by atoms with van der Waals surface area (Å²) in [6, 6.07) is 11.2. The van der Waals surface area contributed by atoms with Crippen molar-refractivity contribution >= 4 is 23.6 Å². The molecule has 154 valence electrons. The Morgan fingerprint density at radius 3 is 2.38 bits per heavy atom. The Morgan fingerprint density at radius 2 is 1.76 bits per heavy atom. The number of aryl methyl sites for hydroxylation is 2. The summed E-state index contributed by atoms with van der Waals surface area (Å²) < 4.78 is 11.0. The standard InChI is InChI=1S/C23H28N2O4/c1-15(2)29-19-11-9-18(13-20(19)28-5)10-12-21(26)24-14-22(27)25-23-16(3)7-6-8-17(23)4/h6-13,15H,14H2,1-5H3,(H,24,26)(H,25,27)/b12-10+. The highest BCUT2D eigenvalue weighted by atomic mass is 16.5. The number of ether oxygens (including phenoxy) is 2. The van der Waals surface area contributed by atoms with Crippen LogP contribution in [0.15, 0.2) is 42.5 Å². The van der Waals surface area contributed by atoms with Gasteiger partial charge < -0.3 is 20.1 Å². The van der Waals surface area contributed by atoms with Gasteiger partial charge in [0, 0.05) is 11.8 Å². The minimum atomic E-state index is -0.358. The second kappa shape index (κ2) is 10.3. The Labute approximate surface area is 171 Å². The van der Waals surface area contributed by atoms with Crippen molar-refractivity contribution < 1.29 is 19.1 Å². The van der Waals surface area contributed by atoms with Crippen LogP contribution >= 0.6 is 0 Å². The van der Waals surface area contributed by atoms with Gasteiger partial charge in [-0.25, -0.2) is 0 Å². The summed E-state index contributed by atoms with van der Waals surface area (Å²) in [7, 11) is 1.57. The van der Waals surface area contributed by atoms with Crippen LogP contribution in [0.2, 0.25) is 0 Å². The van der Waals surface area contributed by atoms with E-state index in [-0.39, 0.29) is 24.5 Å². The molecule has 0 radical (unpaired) electrons. The van der Waals surface area contributed by atoms with Crippen molar-refractivity contribution in [1.29, 1.82) is 0 Å². The van der Waals surface area contributed by atoms with E-state index in [1.165, 1.54) is 6.08 Å². The van der Waals surface area contributed by atoms with Crippen LogP contribution < -0.4 is 20.1 Å². The van der Waals surface area contributed by atoms with Crippen molar-refractivity contribution in [3.8, 4) is 11.5 Å². The highest BCUT2D eigenvalue weighted by molar-refractivity contribution is 5.98. The summed E-state index contributed by atoms with van der Waals surface area (Å²) in [5.74, 6) is 0.602. The van der Waals surface area contributed by atoms with Crippen molar-refractivity contribution in [2.75, 3.05) is 19.0 Å². The zero-order valence-corrected chi connectivity index (χ0v) is 17.5. The number of methoxy groups -OCH3 is 1. The molecule has 2 N–H and O–H groups in total. The Bertz CT molecular complexity index is 883. The first kappa shape index (κ1) is 22.0.